The van der Waals surface area contributed by atoms with Crippen LogP contribution < -0.4 is 10.6 Å². The van der Waals surface area contributed by atoms with Gasteiger partial charge in [-0.1, -0.05) is 17.7 Å². The molecule has 8 nitrogen and oxygen atoms in total. The number of likely N-dealkylation sites (tertiary alicyclic amines) is 1. The van der Waals surface area contributed by atoms with Gasteiger partial charge in [-0.2, -0.15) is 0 Å². The van der Waals surface area contributed by atoms with Crippen molar-refractivity contribution in [1.29, 1.82) is 0 Å². The number of benzene rings is 1. The number of rotatable bonds is 8. The average molecular weight is 428 g/mol. The van der Waals surface area contributed by atoms with Crippen LogP contribution in [0, 0.1) is 12.8 Å². The monoisotopic (exact) mass is 427 g/mol. The van der Waals surface area contributed by atoms with E-state index in [0.29, 0.717) is 50.4 Å². The first-order valence-corrected chi connectivity index (χ1v) is 10.5. The molecule has 2 N–H and O–H groups in total. The molecule has 1 aliphatic heterocycles. The number of furan rings is 1. The molecule has 1 saturated heterocycles. The number of methoxy groups -OCH3 is 1. The molecule has 0 bridgehead atoms. The molecule has 0 aliphatic carbocycles. The Balaban J connectivity index is 1.66. The Labute approximate surface area is 181 Å². The van der Waals surface area contributed by atoms with Crippen LogP contribution in [0.1, 0.15) is 39.3 Å². The van der Waals surface area contributed by atoms with Gasteiger partial charge in [-0.05, 0) is 49.9 Å². The predicted octanol–water partition coefficient (Wildman–Crippen LogP) is 2.00. The van der Waals surface area contributed by atoms with E-state index in [-0.39, 0.29) is 23.6 Å². The summed E-state index contributed by atoms with van der Waals surface area (Å²) in [6, 6.07) is 9.85. The van der Waals surface area contributed by atoms with Crippen molar-refractivity contribution in [3.63, 3.8) is 0 Å². The van der Waals surface area contributed by atoms with Crippen molar-refractivity contribution < 1.29 is 23.5 Å². The molecule has 3 rings (SSSR count). The molecule has 1 aromatic carbocycles. The van der Waals surface area contributed by atoms with E-state index in [4.69, 9.17) is 9.15 Å². The number of aryl methyl sites for hydroxylation is 1. The summed E-state index contributed by atoms with van der Waals surface area (Å²) in [6.07, 6.45) is 2.67. The first-order chi connectivity index (χ1) is 15.0. The summed E-state index contributed by atoms with van der Waals surface area (Å²) >= 11 is 0. The Morgan fingerprint density at radius 2 is 1.87 bits per heavy atom. The van der Waals surface area contributed by atoms with E-state index in [1.807, 2.05) is 19.1 Å². The van der Waals surface area contributed by atoms with Gasteiger partial charge in [0, 0.05) is 32.3 Å². The molecule has 166 valence electrons. The van der Waals surface area contributed by atoms with E-state index in [9.17, 15) is 14.4 Å². The highest BCUT2D eigenvalue weighted by Gasteiger charge is 2.34. The van der Waals surface area contributed by atoms with Crippen LogP contribution in [-0.4, -0.2) is 62.0 Å². The topological polar surface area (TPSA) is 101 Å². The van der Waals surface area contributed by atoms with Crippen LogP contribution in [0.15, 0.2) is 47.1 Å². The van der Waals surface area contributed by atoms with Crippen molar-refractivity contribution in [3.05, 3.63) is 59.5 Å². The van der Waals surface area contributed by atoms with Crippen LogP contribution in [0.4, 0.5) is 0 Å². The third kappa shape index (κ3) is 5.95. The van der Waals surface area contributed by atoms with Crippen LogP contribution >= 0.6 is 0 Å². The summed E-state index contributed by atoms with van der Waals surface area (Å²) in [6.45, 7) is 3.69. The van der Waals surface area contributed by atoms with E-state index < -0.39 is 6.04 Å². The van der Waals surface area contributed by atoms with Gasteiger partial charge < -0.3 is 24.7 Å². The highest BCUT2D eigenvalue weighted by atomic mass is 16.5. The van der Waals surface area contributed by atoms with E-state index in [1.54, 1.807) is 36.3 Å². The Morgan fingerprint density at radius 1 is 1.16 bits per heavy atom. The number of ether oxygens (including phenoxy) is 1. The van der Waals surface area contributed by atoms with Gasteiger partial charge >= 0.3 is 0 Å². The van der Waals surface area contributed by atoms with Gasteiger partial charge in [0.2, 0.25) is 5.91 Å². The summed E-state index contributed by atoms with van der Waals surface area (Å²) < 4.78 is 10.2. The second-order valence-corrected chi connectivity index (χ2v) is 7.71. The molecular weight excluding hydrogens is 398 g/mol. The number of hydrogen-bond acceptors (Lipinski definition) is 5. The molecule has 8 heteroatoms. The first kappa shape index (κ1) is 22.6. The molecule has 0 saturated carbocycles. The van der Waals surface area contributed by atoms with Crippen molar-refractivity contribution in [2.45, 2.75) is 25.8 Å². The molecule has 2 heterocycles. The van der Waals surface area contributed by atoms with Crippen molar-refractivity contribution >= 4 is 17.7 Å². The lowest BCUT2D eigenvalue weighted by molar-refractivity contribution is -0.124. The first-order valence-electron chi connectivity index (χ1n) is 10.5. The zero-order valence-electron chi connectivity index (χ0n) is 17.9. The minimum atomic E-state index is -0.688. The van der Waals surface area contributed by atoms with Gasteiger partial charge in [-0.15, -0.1) is 0 Å². The van der Waals surface area contributed by atoms with E-state index >= 15 is 0 Å². The smallest absolute Gasteiger partial charge is 0.289 e. The van der Waals surface area contributed by atoms with Gasteiger partial charge in [-0.25, -0.2) is 0 Å². The molecular formula is C23H29N3O5. The third-order valence-corrected chi connectivity index (χ3v) is 5.52. The number of amides is 3. The number of piperidine rings is 1. The molecule has 31 heavy (non-hydrogen) atoms. The van der Waals surface area contributed by atoms with Crippen LogP contribution in [0.3, 0.4) is 0 Å². The minimum Gasteiger partial charge on any atom is -0.459 e. The number of nitrogens with one attached hydrogen (secondary N) is 2. The molecule has 0 radical (unpaired) electrons. The number of carbonyl (C=O) groups excluding carboxylic acids is 3. The number of hydrogen-bond donors (Lipinski definition) is 2. The lowest BCUT2D eigenvalue weighted by atomic mass is 9.88. The average Bonchev–Trinajstić information content (AvgIpc) is 3.32. The van der Waals surface area contributed by atoms with E-state index in [2.05, 4.69) is 10.6 Å². The number of carbonyl (C=O) groups is 3. The molecule has 1 aliphatic rings. The summed E-state index contributed by atoms with van der Waals surface area (Å²) in [7, 11) is 1.56. The van der Waals surface area contributed by atoms with Gasteiger partial charge in [0.25, 0.3) is 11.8 Å². The van der Waals surface area contributed by atoms with Crippen molar-refractivity contribution in [3.8, 4) is 0 Å². The quantitative estimate of drug-likeness (QED) is 0.628. The Morgan fingerprint density at radius 3 is 2.48 bits per heavy atom. The maximum Gasteiger partial charge on any atom is 0.289 e. The maximum atomic E-state index is 12.9. The molecule has 1 aromatic heterocycles. The zero-order chi connectivity index (χ0) is 22.2. The highest BCUT2D eigenvalue weighted by Crippen LogP contribution is 2.23. The standard InChI is InChI=1S/C23H29N3O5/c1-16-5-7-18(8-6-16)21(27)25-20(22(28)24-11-15-30-2)17-9-12-26(13-10-17)23(29)19-4-3-14-31-19/h3-8,14,17,20H,9-13,15H2,1-2H3,(H,24,28)(H,25,27)/t20-/m0/s1. The van der Waals surface area contributed by atoms with Crippen LogP contribution in [0.2, 0.25) is 0 Å². The zero-order valence-corrected chi connectivity index (χ0v) is 17.9. The lowest BCUT2D eigenvalue weighted by Gasteiger charge is -2.35. The van der Waals surface area contributed by atoms with Gasteiger partial charge in [0.1, 0.15) is 6.04 Å². The summed E-state index contributed by atoms with van der Waals surface area (Å²) in [5, 5.41) is 5.74. The van der Waals surface area contributed by atoms with Gasteiger partial charge in [0.15, 0.2) is 5.76 Å². The Hall–Kier alpha value is -3.13. The van der Waals surface area contributed by atoms with Gasteiger partial charge in [0.05, 0.1) is 12.9 Å². The maximum absolute atomic E-state index is 12.9. The lowest BCUT2D eigenvalue weighted by Crippen LogP contribution is -2.54. The fraction of sp³-hybridized carbons (Fsp3) is 0.435. The fourth-order valence-electron chi connectivity index (χ4n) is 3.71. The minimum absolute atomic E-state index is 0.0856. The normalized spacial score (nSPS) is 15.4. The Bertz CT molecular complexity index is 871. The summed E-state index contributed by atoms with van der Waals surface area (Å²) in [5.74, 6) is -0.472. The molecule has 3 amide bonds. The summed E-state index contributed by atoms with van der Waals surface area (Å²) in [5.41, 5.74) is 1.56. The Kier molecular flexibility index (Phi) is 7.83. The van der Waals surface area contributed by atoms with E-state index in [0.717, 1.165) is 5.56 Å². The predicted molar refractivity (Wildman–Crippen MR) is 115 cm³/mol. The highest BCUT2D eigenvalue weighted by molar-refractivity contribution is 5.97. The molecule has 0 unspecified atom stereocenters. The van der Waals surface area contributed by atoms with Crippen molar-refractivity contribution in [2.24, 2.45) is 5.92 Å². The van der Waals surface area contributed by atoms with Crippen molar-refractivity contribution in [1.82, 2.24) is 15.5 Å². The van der Waals surface area contributed by atoms with Gasteiger partial charge in [-0.3, -0.25) is 14.4 Å². The second kappa shape index (κ2) is 10.8. The molecule has 1 fully saturated rings. The molecule has 1 atom stereocenters. The number of nitrogens with zero attached hydrogens (tertiary/aromatic N) is 1. The van der Waals surface area contributed by atoms with Crippen LogP contribution in [0.25, 0.3) is 0 Å². The molecule has 0 spiro atoms. The summed E-state index contributed by atoms with van der Waals surface area (Å²) in [4.78, 5) is 39.9. The van der Waals surface area contributed by atoms with Crippen LogP contribution in [0.5, 0.6) is 0 Å². The second-order valence-electron chi connectivity index (χ2n) is 7.71. The third-order valence-electron chi connectivity index (χ3n) is 5.52. The van der Waals surface area contributed by atoms with Crippen molar-refractivity contribution in [2.75, 3.05) is 33.4 Å². The molecule has 2 aromatic rings. The fourth-order valence-corrected chi connectivity index (χ4v) is 3.71. The van der Waals surface area contributed by atoms with Crippen LogP contribution in [-0.2, 0) is 9.53 Å². The largest absolute Gasteiger partial charge is 0.459 e. The van der Waals surface area contributed by atoms with E-state index in [1.165, 1.54) is 6.26 Å². The SMILES string of the molecule is COCCNC(=O)[C@@H](NC(=O)c1ccc(C)cc1)C1CCN(C(=O)c2ccco2)CC1.